The van der Waals surface area contributed by atoms with Gasteiger partial charge >= 0.3 is 0 Å². The molecular weight excluding hydrogens is 338 g/mol. The molecule has 1 unspecified atom stereocenters. The third-order valence-corrected chi connectivity index (χ3v) is 5.04. The van der Waals surface area contributed by atoms with Crippen LogP contribution >= 0.6 is 0 Å². The van der Waals surface area contributed by atoms with Crippen molar-refractivity contribution in [3.05, 3.63) is 54.0 Å². The molecule has 1 aliphatic heterocycles. The molecule has 1 saturated heterocycles. The summed E-state index contributed by atoms with van der Waals surface area (Å²) < 4.78 is 0. The number of carbonyl (C=O) groups is 1. The second-order valence-electron chi connectivity index (χ2n) is 7.52. The third kappa shape index (κ3) is 5.50. The van der Waals surface area contributed by atoms with Crippen molar-refractivity contribution < 1.29 is 4.79 Å². The summed E-state index contributed by atoms with van der Waals surface area (Å²) in [6.07, 6.45) is 2.48. The summed E-state index contributed by atoms with van der Waals surface area (Å²) in [5, 5.41) is 0. The van der Waals surface area contributed by atoms with E-state index in [1.165, 1.54) is 5.56 Å². The minimum atomic E-state index is 0.151. The van der Waals surface area contributed by atoms with Crippen LogP contribution in [0.4, 0.5) is 5.82 Å². The highest BCUT2D eigenvalue weighted by Gasteiger charge is 2.25. The van der Waals surface area contributed by atoms with Gasteiger partial charge in [0.25, 0.3) is 0 Å². The van der Waals surface area contributed by atoms with Crippen LogP contribution in [0.25, 0.3) is 0 Å². The molecule has 1 aliphatic rings. The minimum Gasteiger partial charge on any atom is -0.363 e. The smallest absolute Gasteiger partial charge is 0.219 e. The number of amides is 1. The second-order valence-corrected chi connectivity index (χ2v) is 7.52. The van der Waals surface area contributed by atoms with Gasteiger partial charge in [-0.1, -0.05) is 30.3 Å². The van der Waals surface area contributed by atoms with E-state index >= 15 is 0 Å². The van der Waals surface area contributed by atoms with E-state index in [1.54, 1.807) is 13.3 Å². The monoisotopic (exact) mass is 367 g/mol. The number of carbonyl (C=O) groups excluding carboxylic acids is 1. The van der Waals surface area contributed by atoms with E-state index in [2.05, 4.69) is 39.1 Å². The molecule has 1 amide bonds. The Morgan fingerprint density at radius 1 is 1.15 bits per heavy atom. The Morgan fingerprint density at radius 2 is 1.93 bits per heavy atom. The molecule has 27 heavy (non-hydrogen) atoms. The first-order valence-corrected chi connectivity index (χ1v) is 9.51. The molecule has 6 nitrogen and oxygen atoms in total. The molecule has 1 aromatic heterocycles. The van der Waals surface area contributed by atoms with Crippen molar-refractivity contribution in [1.82, 2.24) is 19.8 Å². The molecule has 0 bridgehead atoms. The number of rotatable bonds is 5. The Kier molecular flexibility index (Phi) is 6.40. The van der Waals surface area contributed by atoms with E-state index in [-0.39, 0.29) is 5.91 Å². The van der Waals surface area contributed by atoms with Gasteiger partial charge < -0.3 is 9.80 Å². The maximum atomic E-state index is 12.0. The van der Waals surface area contributed by atoms with Crippen molar-refractivity contribution in [3.63, 3.8) is 0 Å². The lowest BCUT2D eigenvalue weighted by Crippen LogP contribution is -2.34. The number of anilines is 1. The van der Waals surface area contributed by atoms with Crippen molar-refractivity contribution in [1.29, 1.82) is 0 Å². The van der Waals surface area contributed by atoms with E-state index in [4.69, 9.17) is 0 Å². The molecule has 0 spiro atoms. The first-order chi connectivity index (χ1) is 13.0. The Labute approximate surface area is 161 Å². The molecule has 1 aromatic carbocycles. The Balaban J connectivity index is 1.74. The number of aromatic nitrogens is 2. The summed E-state index contributed by atoms with van der Waals surface area (Å²) in [5.41, 5.74) is 2.34. The predicted octanol–water partition coefficient (Wildman–Crippen LogP) is 2.07. The highest BCUT2D eigenvalue weighted by molar-refractivity contribution is 5.73. The fourth-order valence-corrected chi connectivity index (χ4v) is 3.62. The lowest BCUT2D eigenvalue weighted by Gasteiger charge is -2.24. The number of hydrogen-bond donors (Lipinski definition) is 0. The maximum Gasteiger partial charge on any atom is 0.219 e. The van der Waals surface area contributed by atoms with Crippen LogP contribution < -0.4 is 4.90 Å². The third-order valence-electron chi connectivity index (χ3n) is 5.04. The van der Waals surface area contributed by atoms with Crippen LogP contribution in [0.3, 0.4) is 0 Å². The predicted molar refractivity (Wildman–Crippen MR) is 108 cm³/mol. The molecule has 0 radical (unpaired) electrons. The molecule has 1 atom stereocenters. The molecule has 6 heteroatoms. The van der Waals surface area contributed by atoms with Gasteiger partial charge in [-0.2, -0.15) is 0 Å². The molecule has 2 aromatic rings. The van der Waals surface area contributed by atoms with Crippen LogP contribution in [-0.2, 0) is 17.8 Å². The Morgan fingerprint density at radius 3 is 2.63 bits per heavy atom. The molecule has 0 N–H and O–H groups in total. The maximum absolute atomic E-state index is 12.0. The molecule has 2 heterocycles. The van der Waals surface area contributed by atoms with Crippen molar-refractivity contribution in [2.24, 2.45) is 5.92 Å². The van der Waals surface area contributed by atoms with Crippen LogP contribution in [0, 0.1) is 5.92 Å². The van der Waals surface area contributed by atoms with Gasteiger partial charge in [-0.3, -0.25) is 9.69 Å². The van der Waals surface area contributed by atoms with Crippen LogP contribution in [-0.4, -0.2) is 65.9 Å². The van der Waals surface area contributed by atoms with E-state index in [0.29, 0.717) is 5.92 Å². The zero-order valence-corrected chi connectivity index (χ0v) is 16.5. The molecule has 0 aliphatic carbocycles. The number of nitrogens with zero attached hydrogens (tertiary/aromatic N) is 5. The van der Waals surface area contributed by atoms with E-state index in [1.807, 2.05) is 36.0 Å². The zero-order chi connectivity index (χ0) is 19.2. The number of benzene rings is 1. The second kappa shape index (κ2) is 8.95. The van der Waals surface area contributed by atoms with Crippen molar-refractivity contribution in [3.8, 4) is 0 Å². The Bertz CT molecular complexity index is 749. The summed E-state index contributed by atoms with van der Waals surface area (Å²) in [6, 6.07) is 12.6. The summed E-state index contributed by atoms with van der Waals surface area (Å²) in [6.45, 7) is 6.00. The highest BCUT2D eigenvalue weighted by atomic mass is 16.2. The van der Waals surface area contributed by atoms with Gasteiger partial charge in [0, 0.05) is 65.5 Å². The van der Waals surface area contributed by atoms with Gasteiger partial charge in [-0.05, 0) is 17.9 Å². The van der Waals surface area contributed by atoms with Crippen molar-refractivity contribution in [2.75, 3.05) is 45.2 Å². The van der Waals surface area contributed by atoms with Crippen molar-refractivity contribution >= 4 is 11.7 Å². The lowest BCUT2D eigenvalue weighted by atomic mass is 10.0. The van der Waals surface area contributed by atoms with Crippen molar-refractivity contribution in [2.45, 2.75) is 19.9 Å². The van der Waals surface area contributed by atoms with Gasteiger partial charge in [-0.25, -0.2) is 9.97 Å². The summed E-state index contributed by atoms with van der Waals surface area (Å²) in [5.74, 6) is 1.42. The Hall–Kier alpha value is -2.47. The first-order valence-electron chi connectivity index (χ1n) is 9.51. The largest absolute Gasteiger partial charge is 0.363 e. The fraction of sp³-hybridized carbons (Fsp3) is 0.476. The highest BCUT2D eigenvalue weighted by Crippen LogP contribution is 2.18. The average molecular weight is 367 g/mol. The molecule has 1 fully saturated rings. The molecular formula is C21H29N5O. The van der Waals surface area contributed by atoms with Gasteiger partial charge in [0.1, 0.15) is 12.1 Å². The fourth-order valence-electron chi connectivity index (χ4n) is 3.62. The van der Waals surface area contributed by atoms with E-state index < -0.39 is 0 Å². The SMILES string of the molecule is CC(=O)N1CCN(Cc2ccccc2)CC(Cc2cc(N(C)C)ncn2)C1. The summed E-state index contributed by atoms with van der Waals surface area (Å²) >= 11 is 0. The molecule has 0 saturated carbocycles. The standard InChI is InChI=1S/C21H29N5O/c1-17(27)26-10-9-25(13-18-7-5-4-6-8-18)14-19(15-26)11-20-12-21(24(2)3)23-16-22-20/h4-8,12,16,19H,9-11,13-15H2,1-3H3. The quantitative estimate of drug-likeness (QED) is 0.810. The average Bonchev–Trinajstić information content (AvgIpc) is 2.85. The lowest BCUT2D eigenvalue weighted by molar-refractivity contribution is -0.129. The molecule has 3 rings (SSSR count). The van der Waals surface area contributed by atoms with Gasteiger partial charge in [0.2, 0.25) is 5.91 Å². The topological polar surface area (TPSA) is 52.6 Å². The zero-order valence-electron chi connectivity index (χ0n) is 16.5. The van der Waals surface area contributed by atoms with E-state index in [0.717, 1.165) is 50.7 Å². The summed E-state index contributed by atoms with van der Waals surface area (Å²) in [4.78, 5) is 27.2. The van der Waals surface area contributed by atoms with E-state index in [9.17, 15) is 4.79 Å². The van der Waals surface area contributed by atoms with Gasteiger partial charge in [-0.15, -0.1) is 0 Å². The normalized spacial score (nSPS) is 18.2. The number of hydrogen-bond acceptors (Lipinski definition) is 5. The van der Waals surface area contributed by atoms with Gasteiger partial charge in [0.15, 0.2) is 0 Å². The first kappa shape index (κ1) is 19.3. The van der Waals surface area contributed by atoms with Crippen LogP contribution in [0.1, 0.15) is 18.2 Å². The minimum absolute atomic E-state index is 0.151. The summed E-state index contributed by atoms with van der Waals surface area (Å²) in [7, 11) is 3.97. The van der Waals surface area contributed by atoms with Crippen LogP contribution in [0.2, 0.25) is 0 Å². The van der Waals surface area contributed by atoms with Crippen LogP contribution in [0.15, 0.2) is 42.7 Å². The van der Waals surface area contributed by atoms with Gasteiger partial charge in [0.05, 0.1) is 0 Å². The molecule has 144 valence electrons. The van der Waals surface area contributed by atoms with Crippen LogP contribution in [0.5, 0.6) is 0 Å².